The molecule has 9 N–H and O–H groups in total. The van der Waals surface area contributed by atoms with Crippen molar-refractivity contribution in [1.29, 1.82) is 0 Å². The van der Waals surface area contributed by atoms with Gasteiger partial charge in [0.25, 0.3) is 11.5 Å². The van der Waals surface area contributed by atoms with Crippen molar-refractivity contribution in [2.75, 3.05) is 22.1 Å². The summed E-state index contributed by atoms with van der Waals surface area (Å²) >= 11 is 0. The van der Waals surface area contributed by atoms with E-state index in [9.17, 15) is 19.2 Å². The number of nitrogen functional groups attached to an aromatic ring is 2. The standard InChI is InChI=1S/C15H17N7O5/c1-6(13(25)26)18-11(23)7-2-4-8(5-3-7)19-15(27)20-9-10(16)21-14(17)22-12(9)24/h2-6H,1H3,(H,18,23)(H,25,26)(H2,19,20,27)(H5,16,17,21,22,24)/t6-/m0/s1. The number of carbonyl (C=O) groups is 3. The predicted octanol–water partition coefficient (Wildman–Crippen LogP) is -0.219. The predicted molar refractivity (Wildman–Crippen MR) is 97.3 cm³/mol. The lowest BCUT2D eigenvalue weighted by Crippen LogP contribution is -2.38. The van der Waals surface area contributed by atoms with Crippen LogP contribution < -0.4 is 33.0 Å². The fraction of sp³-hybridized carbons (Fsp3) is 0.133. The number of carboxylic acid groups (broad SMARTS) is 1. The van der Waals surface area contributed by atoms with Gasteiger partial charge in [-0.15, -0.1) is 0 Å². The Kier molecular flexibility index (Phi) is 5.60. The van der Waals surface area contributed by atoms with Gasteiger partial charge in [0.15, 0.2) is 11.5 Å². The first-order valence-electron chi connectivity index (χ1n) is 7.54. The van der Waals surface area contributed by atoms with Crippen molar-refractivity contribution >= 4 is 41.0 Å². The summed E-state index contributed by atoms with van der Waals surface area (Å²) in [5, 5.41) is 15.8. The molecule has 142 valence electrons. The molecule has 0 aliphatic rings. The zero-order valence-corrected chi connectivity index (χ0v) is 14.1. The van der Waals surface area contributed by atoms with Crippen LogP contribution in [-0.4, -0.2) is 39.0 Å². The van der Waals surface area contributed by atoms with Gasteiger partial charge in [-0.1, -0.05) is 0 Å². The van der Waals surface area contributed by atoms with E-state index < -0.39 is 29.5 Å². The molecule has 1 aromatic heterocycles. The van der Waals surface area contributed by atoms with Gasteiger partial charge in [0.1, 0.15) is 6.04 Å². The minimum absolute atomic E-state index is 0.186. The highest BCUT2D eigenvalue weighted by Gasteiger charge is 2.15. The molecule has 0 saturated heterocycles. The minimum atomic E-state index is -1.16. The number of H-pyrrole nitrogens is 1. The van der Waals surface area contributed by atoms with E-state index in [1.54, 1.807) is 0 Å². The number of benzene rings is 1. The summed E-state index contributed by atoms with van der Waals surface area (Å²) in [7, 11) is 0. The smallest absolute Gasteiger partial charge is 0.325 e. The van der Waals surface area contributed by atoms with E-state index in [4.69, 9.17) is 16.6 Å². The van der Waals surface area contributed by atoms with Crippen LogP contribution >= 0.6 is 0 Å². The van der Waals surface area contributed by atoms with Crippen LogP contribution in [0.2, 0.25) is 0 Å². The number of nitrogens with two attached hydrogens (primary N) is 2. The molecule has 1 heterocycles. The van der Waals surface area contributed by atoms with Crippen molar-refractivity contribution < 1.29 is 19.5 Å². The topological polar surface area (TPSA) is 205 Å². The Labute approximate surface area is 152 Å². The fourth-order valence-electron chi connectivity index (χ4n) is 1.95. The zero-order chi connectivity index (χ0) is 20.1. The van der Waals surface area contributed by atoms with Crippen LogP contribution in [0.25, 0.3) is 0 Å². The molecule has 0 bridgehead atoms. The lowest BCUT2D eigenvalue weighted by atomic mass is 10.2. The van der Waals surface area contributed by atoms with Gasteiger partial charge in [-0.25, -0.2) is 4.79 Å². The maximum atomic E-state index is 12.0. The molecule has 3 amide bonds. The van der Waals surface area contributed by atoms with Crippen LogP contribution in [0.3, 0.4) is 0 Å². The Hall–Kier alpha value is -4.09. The van der Waals surface area contributed by atoms with Crippen LogP contribution in [0.4, 0.5) is 27.9 Å². The monoisotopic (exact) mass is 375 g/mol. The molecule has 2 rings (SSSR count). The number of carbonyl (C=O) groups excluding carboxylic acids is 2. The molecule has 1 aromatic carbocycles. The maximum absolute atomic E-state index is 12.0. The summed E-state index contributed by atoms with van der Waals surface area (Å²) < 4.78 is 0. The number of anilines is 4. The maximum Gasteiger partial charge on any atom is 0.325 e. The quantitative estimate of drug-likeness (QED) is 0.371. The highest BCUT2D eigenvalue weighted by Crippen LogP contribution is 2.13. The van der Waals surface area contributed by atoms with Gasteiger partial charge >= 0.3 is 12.0 Å². The molecule has 12 heteroatoms. The number of hydrogen-bond donors (Lipinski definition) is 7. The van der Waals surface area contributed by atoms with E-state index in [1.165, 1.54) is 31.2 Å². The molecule has 12 nitrogen and oxygen atoms in total. The number of aliphatic carboxylic acids is 1. The third-order valence-corrected chi connectivity index (χ3v) is 3.33. The van der Waals surface area contributed by atoms with E-state index >= 15 is 0 Å². The van der Waals surface area contributed by atoms with Crippen LogP contribution in [-0.2, 0) is 4.79 Å². The summed E-state index contributed by atoms with van der Waals surface area (Å²) in [5.74, 6) is -2.17. The molecule has 27 heavy (non-hydrogen) atoms. The van der Waals surface area contributed by atoms with Crippen LogP contribution in [0, 0.1) is 0 Å². The van der Waals surface area contributed by atoms with Crippen molar-refractivity contribution in [3.63, 3.8) is 0 Å². The van der Waals surface area contributed by atoms with E-state index in [1.807, 2.05) is 0 Å². The SMILES string of the molecule is C[C@H](NC(=O)c1ccc(NC(=O)Nc2c(N)nc(N)[nH]c2=O)cc1)C(=O)O. The number of rotatable bonds is 5. The second-order valence-corrected chi connectivity index (χ2v) is 5.40. The lowest BCUT2D eigenvalue weighted by molar-refractivity contribution is -0.138. The van der Waals surface area contributed by atoms with Crippen molar-refractivity contribution in [1.82, 2.24) is 15.3 Å². The summed E-state index contributed by atoms with van der Waals surface area (Å²) in [6.07, 6.45) is 0. The first-order valence-corrected chi connectivity index (χ1v) is 7.54. The van der Waals surface area contributed by atoms with Crippen molar-refractivity contribution in [3.8, 4) is 0 Å². The van der Waals surface area contributed by atoms with E-state index in [0.29, 0.717) is 5.69 Å². The highest BCUT2D eigenvalue weighted by atomic mass is 16.4. The lowest BCUT2D eigenvalue weighted by Gasteiger charge is -2.11. The number of amides is 3. The summed E-state index contributed by atoms with van der Waals surface area (Å²) in [6, 6.07) is 3.83. The number of hydrogen-bond acceptors (Lipinski definition) is 7. The molecule has 2 aromatic rings. The van der Waals surface area contributed by atoms with Gasteiger partial charge in [0, 0.05) is 11.3 Å². The number of carboxylic acids is 1. The number of aromatic nitrogens is 2. The van der Waals surface area contributed by atoms with E-state index in [0.717, 1.165) is 0 Å². The van der Waals surface area contributed by atoms with Crippen LogP contribution in [0.15, 0.2) is 29.1 Å². The molecule has 0 spiro atoms. The van der Waals surface area contributed by atoms with E-state index in [-0.39, 0.29) is 23.0 Å². The third kappa shape index (κ3) is 4.94. The van der Waals surface area contributed by atoms with Crippen LogP contribution in [0.5, 0.6) is 0 Å². The minimum Gasteiger partial charge on any atom is -0.480 e. The Morgan fingerprint density at radius 3 is 2.33 bits per heavy atom. The normalized spacial score (nSPS) is 11.3. The molecule has 0 unspecified atom stereocenters. The van der Waals surface area contributed by atoms with Gasteiger partial charge in [-0.3, -0.25) is 24.7 Å². The molecule has 0 aliphatic heterocycles. The van der Waals surface area contributed by atoms with Crippen molar-refractivity contribution in [3.05, 3.63) is 40.2 Å². The summed E-state index contributed by atoms with van der Waals surface area (Å²) in [5.41, 5.74) is 10.4. The number of nitrogens with zero attached hydrogens (tertiary/aromatic N) is 1. The Bertz CT molecular complexity index is 939. The molecule has 0 radical (unpaired) electrons. The van der Waals surface area contributed by atoms with Gasteiger partial charge in [0.2, 0.25) is 5.95 Å². The van der Waals surface area contributed by atoms with Gasteiger partial charge < -0.3 is 27.2 Å². The zero-order valence-electron chi connectivity index (χ0n) is 14.1. The van der Waals surface area contributed by atoms with Crippen LogP contribution in [0.1, 0.15) is 17.3 Å². The van der Waals surface area contributed by atoms with Gasteiger partial charge in [0.05, 0.1) is 0 Å². The Balaban J connectivity index is 2.02. The summed E-state index contributed by atoms with van der Waals surface area (Å²) in [4.78, 5) is 52.2. The summed E-state index contributed by atoms with van der Waals surface area (Å²) in [6.45, 7) is 1.33. The average molecular weight is 375 g/mol. The molecule has 0 fully saturated rings. The van der Waals surface area contributed by atoms with Gasteiger partial charge in [-0.05, 0) is 31.2 Å². The number of nitrogens with one attached hydrogen (secondary N) is 4. The average Bonchev–Trinajstić information content (AvgIpc) is 2.58. The molecule has 0 aliphatic carbocycles. The number of urea groups is 1. The first kappa shape index (κ1) is 19.2. The fourth-order valence-corrected chi connectivity index (χ4v) is 1.95. The second-order valence-electron chi connectivity index (χ2n) is 5.40. The highest BCUT2D eigenvalue weighted by molar-refractivity contribution is 6.02. The van der Waals surface area contributed by atoms with Gasteiger partial charge in [-0.2, -0.15) is 4.98 Å². The number of aromatic amines is 1. The molecule has 1 atom stereocenters. The van der Waals surface area contributed by atoms with E-state index in [2.05, 4.69) is 25.9 Å². The molecular formula is C15H17N7O5. The van der Waals surface area contributed by atoms with Crippen molar-refractivity contribution in [2.24, 2.45) is 0 Å². The Morgan fingerprint density at radius 2 is 1.78 bits per heavy atom. The van der Waals surface area contributed by atoms with Crippen molar-refractivity contribution in [2.45, 2.75) is 13.0 Å². The third-order valence-electron chi connectivity index (χ3n) is 3.33. The second kappa shape index (κ2) is 7.86. The Morgan fingerprint density at radius 1 is 1.15 bits per heavy atom. The largest absolute Gasteiger partial charge is 0.480 e. The molecule has 0 saturated carbocycles. The molecular weight excluding hydrogens is 358 g/mol. The first-order chi connectivity index (χ1) is 12.7.